The first kappa shape index (κ1) is 18.3. The van der Waals surface area contributed by atoms with Crippen LogP contribution in [0.1, 0.15) is 0 Å². The molecule has 2 heterocycles. The number of anilines is 2. The monoisotopic (exact) mass is 412 g/mol. The number of para-hydroxylation sites is 1. The highest BCUT2D eigenvalue weighted by atomic mass is 35.5. The van der Waals surface area contributed by atoms with Crippen LogP contribution in [0, 0.1) is 0 Å². The highest BCUT2D eigenvalue weighted by molar-refractivity contribution is 6.30. The van der Waals surface area contributed by atoms with Crippen LogP contribution >= 0.6 is 11.6 Å². The molecular weight excluding hydrogens is 396 g/mol. The van der Waals surface area contributed by atoms with Crippen molar-refractivity contribution in [3.8, 4) is 17.0 Å². The molecule has 0 bridgehead atoms. The second-order valence-electron chi connectivity index (χ2n) is 6.81. The number of ether oxygens (including phenoxy) is 1. The number of hydrogen-bond donors (Lipinski definition) is 1. The zero-order chi connectivity index (χ0) is 20.5. The molecule has 0 aliphatic heterocycles. The van der Waals surface area contributed by atoms with Gasteiger partial charge in [-0.3, -0.25) is 0 Å². The van der Waals surface area contributed by atoms with Gasteiger partial charge in [0.05, 0.1) is 29.5 Å². The van der Waals surface area contributed by atoms with Gasteiger partial charge in [0.15, 0.2) is 0 Å². The molecule has 0 amide bonds. The summed E-state index contributed by atoms with van der Waals surface area (Å²) in [5.41, 5.74) is 4.39. The van der Waals surface area contributed by atoms with E-state index in [0.29, 0.717) is 5.02 Å². The fourth-order valence-corrected chi connectivity index (χ4v) is 3.66. The lowest BCUT2D eigenvalue weighted by molar-refractivity contribution is 0.415. The lowest BCUT2D eigenvalue weighted by Crippen LogP contribution is -1.99. The molecule has 3 aromatic carbocycles. The van der Waals surface area contributed by atoms with Gasteiger partial charge in [-0.15, -0.1) is 0 Å². The van der Waals surface area contributed by atoms with Gasteiger partial charge >= 0.3 is 0 Å². The summed E-state index contributed by atoms with van der Waals surface area (Å²) in [6.45, 7) is 0. The second-order valence-corrected chi connectivity index (χ2v) is 7.25. The van der Waals surface area contributed by atoms with E-state index < -0.39 is 0 Å². The van der Waals surface area contributed by atoms with E-state index in [4.69, 9.17) is 21.3 Å². The predicted octanol–water partition coefficient (Wildman–Crippen LogP) is 6.25. The van der Waals surface area contributed by atoms with Crippen molar-refractivity contribution >= 4 is 44.9 Å². The third kappa shape index (κ3) is 3.40. The van der Waals surface area contributed by atoms with E-state index in [1.165, 1.54) is 0 Å². The van der Waals surface area contributed by atoms with Gasteiger partial charge in [0.2, 0.25) is 0 Å². The molecule has 5 aromatic rings. The Morgan fingerprint density at radius 3 is 2.60 bits per heavy atom. The quantitative estimate of drug-likeness (QED) is 0.378. The molecule has 0 saturated carbocycles. The number of halogens is 1. The minimum Gasteiger partial charge on any atom is -0.497 e. The highest BCUT2D eigenvalue weighted by Crippen LogP contribution is 2.33. The van der Waals surface area contributed by atoms with Crippen LogP contribution in [-0.4, -0.2) is 22.1 Å². The summed E-state index contributed by atoms with van der Waals surface area (Å²) in [5.74, 6) is 1.47. The van der Waals surface area contributed by atoms with Crippen LogP contribution in [-0.2, 0) is 0 Å². The number of nitrogens with zero attached hydrogens (tertiary/aromatic N) is 3. The van der Waals surface area contributed by atoms with Crippen molar-refractivity contribution in [2.24, 2.45) is 0 Å². The fourth-order valence-electron chi connectivity index (χ4n) is 3.47. The number of fused-ring (bicyclic) bond motifs is 2. The lowest BCUT2D eigenvalue weighted by atomic mass is 10.1. The van der Waals surface area contributed by atoms with Crippen molar-refractivity contribution in [1.29, 1.82) is 0 Å². The van der Waals surface area contributed by atoms with E-state index in [2.05, 4.69) is 15.3 Å². The molecule has 0 aliphatic rings. The molecule has 30 heavy (non-hydrogen) atoms. The molecule has 2 aromatic heterocycles. The van der Waals surface area contributed by atoms with Crippen molar-refractivity contribution in [1.82, 2.24) is 15.0 Å². The topological polar surface area (TPSA) is 59.9 Å². The summed E-state index contributed by atoms with van der Waals surface area (Å²) < 4.78 is 5.31. The number of hydrogen-bond acceptors (Lipinski definition) is 5. The molecule has 0 fully saturated rings. The minimum absolute atomic E-state index is 0.674. The van der Waals surface area contributed by atoms with E-state index in [9.17, 15) is 0 Å². The Hall–Kier alpha value is -3.70. The van der Waals surface area contributed by atoms with Gasteiger partial charge < -0.3 is 10.1 Å². The van der Waals surface area contributed by atoms with Crippen molar-refractivity contribution < 1.29 is 4.74 Å². The van der Waals surface area contributed by atoms with Crippen LogP contribution in [0.2, 0.25) is 5.02 Å². The minimum atomic E-state index is 0.674. The van der Waals surface area contributed by atoms with Crippen LogP contribution in [0.3, 0.4) is 0 Å². The van der Waals surface area contributed by atoms with Crippen LogP contribution < -0.4 is 10.1 Å². The molecule has 5 nitrogen and oxygen atoms in total. The first-order valence-electron chi connectivity index (χ1n) is 9.43. The average molecular weight is 413 g/mol. The average Bonchev–Trinajstić information content (AvgIpc) is 2.79. The van der Waals surface area contributed by atoms with Gasteiger partial charge in [-0.25, -0.2) is 15.0 Å². The van der Waals surface area contributed by atoms with Crippen LogP contribution in [0.25, 0.3) is 33.1 Å². The fraction of sp³-hybridized carbons (Fsp3) is 0.0417. The van der Waals surface area contributed by atoms with E-state index in [-0.39, 0.29) is 0 Å². The molecule has 146 valence electrons. The Labute approximate surface area is 178 Å². The second kappa shape index (κ2) is 7.61. The third-order valence-electron chi connectivity index (χ3n) is 4.93. The molecule has 0 radical (unpaired) electrons. The first-order chi connectivity index (χ1) is 14.7. The zero-order valence-electron chi connectivity index (χ0n) is 16.1. The highest BCUT2D eigenvalue weighted by Gasteiger charge is 2.11. The summed E-state index contributed by atoms with van der Waals surface area (Å²) in [5, 5.41) is 6.07. The van der Waals surface area contributed by atoms with Crippen molar-refractivity contribution in [3.63, 3.8) is 0 Å². The van der Waals surface area contributed by atoms with Crippen molar-refractivity contribution in [2.75, 3.05) is 12.4 Å². The molecule has 5 rings (SSSR count). The Kier molecular flexibility index (Phi) is 4.65. The molecule has 0 aliphatic carbocycles. The molecule has 0 spiro atoms. The van der Waals surface area contributed by atoms with E-state index in [1.54, 1.807) is 13.4 Å². The maximum Gasteiger partial charge on any atom is 0.141 e. The summed E-state index contributed by atoms with van der Waals surface area (Å²) in [6.07, 6.45) is 1.55. The Bertz CT molecular complexity index is 1390. The number of nitrogens with one attached hydrogen (secondary N) is 1. The predicted molar refractivity (Wildman–Crippen MR) is 122 cm³/mol. The van der Waals surface area contributed by atoms with Crippen molar-refractivity contribution in [2.45, 2.75) is 0 Å². The molecule has 6 heteroatoms. The Morgan fingerprint density at radius 2 is 1.73 bits per heavy atom. The molecule has 0 unspecified atom stereocenters. The van der Waals surface area contributed by atoms with Crippen molar-refractivity contribution in [3.05, 3.63) is 84.1 Å². The zero-order valence-corrected chi connectivity index (χ0v) is 16.9. The summed E-state index contributed by atoms with van der Waals surface area (Å²) in [4.78, 5) is 13.7. The number of benzene rings is 3. The van der Waals surface area contributed by atoms with Gasteiger partial charge in [-0.2, -0.15) is 0 Å². The van der Waals surface area contributed by atoms with Gasteiger partial charge in [0, 0.05) is 27.4 Å². The smallest absolute Gasteiger partial charge is 0.141 e. The summed E-state index contributed by atoms with van der Waals surface area (Å²) >= 11 is 6.20. The molecular formula is C24H17ClN4O. The van der Waals surface area contributed by atoms with Crippen LogP contribution in [0.5, 0.6) is 5.75 Å². The van der Waals surface area contributed by atoms with E-state index in [0.717, 1.165) is 50.3 Å². The van der Waals surface area contributed by atoms with E-state index in [1.807, 2.05) is 72.8 Å². The summed E-state index contributed by atoms with van der Waals surface area (Å²) in [6, 6.07) is 23.5. The van der Waals surface area contributed by atoms with Gasteiger partial charge in [-0.05, 0) is 36.4 Å². The number of methoxy groups -OCH3 is 1. The van der Waals surface area contributed by atoms with Gasteiger partial charge in [0.25, 0.3) is 0 Å². The maximum absolute atomic E-state index is 6.20. The Balaban J connectivity index is 1.66. The van der Waals surface area contributed by atoms with Crippen LogP contribution in [0.4, 0.5) is 11.5 Å². The third-order valence-corrected chi connectivity index (χ3v) is 5.17. The standard InChI is InChI=1S/C24H17ClN4O/c1-30-17-9-10-19-22(12-17)26-14-27-24(19)29-23-13-21(15-5-4-6-16(25)11-15)28-20-8-3-2-7-18(20)23/h2-14H,1H3,(H,26,27,28,29). The first-order valence-corrected chi connectivity index (χ1v) is 9.80. The molecule has 1 N–H and O–H groups in total. The largest absolute Gasteiger partial charge is 0.497 e. The summed E-state index contributed by atoms with van der Waals surface area (Å²) in [7, 11) is 1.64. The van der Waals surface area contributed by atoms with Crippen LogP contribution in [0.15, 0.2) is 79.1 Å². The SMILES string of the molecule is COc1ccc2c(Nc3cc(-c4cccc(Cl)c4)nc4ccccc34)ncnc2c1. The number of rotatable bonds is 4. The van der Waals surface area contributed by atoms with Gasteiger partial charge in [0.1, 0.15) is 17.9 Å². The molecule has 0 atom stereocenters. The normalized spacial score (nSPS) is 11.0. The number of aromatic nitrogens is 3. The maximum atomic E-state index is 6.20. The number of pyridine rings is 1. The lowest BCUT2D eigenvalue weighted by Gasteiger charge is -2.13. The van der Waals surface area contributed by atoms with E-state index >= 15 is 0 Å². The van der Waals surface area contributed by atoms with Gasteiger partial charge in [-0.1, -0.05) is 41.9 Å². The Morgan fingerprint density at radius 1 is 0.833 bits per heavy atom. The molecule has 0 saturated heterocycles.